The first-order valence-electron chi connectivity index (χ1n) is 10.4. The SMILES string of the molecule is O=C(CSc1nnc(N2CCCC2)n1-c1cccc(Cl)c1)NCc1ccc2c(c1)OCO2. The Morgan fingerprint density at radius 3 is 2.78 bits per heavy atom. The Bertz CT molecular complexity index is 1130. The molecule has 1 N–H and O–H groups in total. The van der Waals surface area contributed by atoms with Gasteiger partial charge in [-0.3, -0.25) is 9.36 Å². The number of fused-ring (bicyclic) bond motifs is 1. The van der Waals surface area contributed by atoms with Gasteiger partial charge in [0.15, 0.2) is 16.7 Å². The molecule has 1 fully saturated rings. The fourth-order valence-electron chi connectivity index (χ4n) is 3.75. The molecule has 0 radical (unpaired) electrons. The smallest absolute Gasteiger partial charge is 0.232 e. The molecule has 2 aliphatic heterocycles. The van der Waals surface area contributed by atoms with Crippen LogP contribution in [0.25, 0.3) is 5.69 Å². The van der Waals surface area contributed by atoms with E-state index >= 15 is 0 Å². The summed E-state index contributed by atoms with van der Waals surface area (Å²) in [5, 5.41) is 13.0. The average Bonchev–Trinajstić information content (AvgIpc) is 3.56. The Balaban J connectivity index is 1.27. The van der Waals surface area contributed by atoms with E-state index in [2.05, 4.69) is 20.4 Å². The number of halogens is 1. The van der Waals surface area contributed by atoms with Crippen molar-refractivity contribution >= 4 is 35.2 Å². The van der Waals surface area contributed by atoms with E-state index in [4.69, 9.17) is 21.1 Å². The lowest BCUT2D eigenvalue weighted by molar-refractivity contribution is -0.118. The van der Waals surface area contributed by atoms with E-state index in [-0.39, 0.29) is 18.5 Å². The van der Waals surface area contributed by atoms with E-state index in [1.54, 1.807) is 0 Å². The summed E-state index contributed by atoms with van der Waals surface area (Å²) in [5.74, 6) is 2.35. The summed E-state index contributed by atoms with van der Waals surface area (Å²) in [6, 6.07) is 13.2. The standard InChI is InChI=1S/C22H22ClN5O3S/c23-16-4-3-5-17(11-16)28-21(27-8-1-2-9-27)25-26-22(28)32-13-20(29)24-12-15-6-7-18-19(10-15)31-14-30-18/h3-7,10-11H,1-2,8-9,12-14H2,(H,24,29). The van der Waals surface area contributed by atoms with Crippen LogP contribution in [0.5, 0.6) is 11.5 Å². The van der Waals surface area contributed by atoms with E-state index in [0.29, 0.717) is 22.5 Å². The molecule has 0 bridgehead atoms. The van der Waals surface area contributed by atoms with Gasteiger partial charge >= 0.3 is 0 Å². The summed E-state index contributed by atoms with van der Waals surface area (Å²) < 4.78 is 12.7. The molecule has 2 aliphatic rings. The Morgan fingerprint density at radius 1 is 1.09 bits per heavy atom. The average molecular weight is 472 g/mol. The third kappa shape index (κ3) is 4.49. The molecule has 0 spiro atoms. The molecule has 3 aromatic rings. The van der Waals surface area contributed by atoms with Gasteiger partial charge in [-0.2, -0.15) is 0 Å². The molecule has 166 valence electrons. The summed E-state index contributed by atoms with van der Waals surface area (Å²) in [7, 11) is 0. The van der Waals surface area contributed by atoms with Crippen molar-refractivity contribution in [1.82, 2.24) is 20.1 Å². The third-order valence-electron chi connectivity index (χ3n) is 5.33. The molecule has 0 saturated carbocycles. The molecule has 8 nitrogen and oxygen atoms in total. The fourth-order valence-corrected chi connectivity index (χ4v) is 4.71. The van der Waals surface area contributed by atoms with Crippen LogP contribution in [-0.2, 0) is 11.3 Å². The number of amides is 1. The lowest BCUT2D eigenvalue weighted by atomic mass is 10.2. The zero-order valence-electron chi connectivity index (χ0n) is 17.3. The second-order valence-electron chi connectivity index (χ2n) is 7.55. The second kappa shape index (κ2) is 9.30. The highest BCUT2D eigenvalue weighted by Crippen LogP contribution is 2.32. The van der Waals surface area contributed by atoms with Crippen LogP contribution >= 0.6 is 23.4 Å². The highest BCUT2D eigenvalue weighted by molar-refractivity contribution is 7.99. The molecule has 5 rings (SSSR count). The van der Waals surface area contributed by atoms with Crippen LogP contribution in [0.1, 0.15) is 18.4 Å². The number of anilines is 1. The molecule has 3 heterocycles. The van der Waals surface area contributed by atoms with Crippen molar-refractivity contribution in [2.24, 2.45) is 0 Å². The molecule has 2 aromatic carbocycles. The maximum absolute atomic E-state index is 12.5. The number of thioether (sulfide) groups is 1. The Morgan fingerprint density at radius 2 is 1.94 bits per heavy atom. The van der Waals surface area contributed by atoms with Crippen LogP contribution in [-0.4, -0.2) is 46.3 Å². The van der Waals surface area contributed by atoms with Gasteiger partial charge in [-0.15, -0.1) is 10.2 Å². The van der Waals surface area contributed by atoms with Gasteiger partial charge < -0.3 is 19.7 Å². The molecule has 0 unspecified atom stereocenters. The minimum atomic E-state index is -0.0870. The van der Waals surface area contributed by atoms with Gasteiger partial charge in [-0.05, 0) is 48.7 Å². The summed E-state index contributed by atoms with van der Waals surface area (Å²) in [5.41, 5.74) is 1.83. The largest absolute Gasteiger partial charge is 0.454 e. The van der Waals surface area contributed by atoms with Crippen LogP contribution in [0.2, 0.25) is 5.02 Å². The van der Waals surface area contributed by atoms with Crippen LogP contribution < -0.4 is 19.7 Å². The first-order chi connectivity index (χ1) is 15.7. The number of carbonyl (C=O) groups is 1. The lowest BCUT2D eigenvalue weighted by Gasteiger charge is -2.18. The monoisotopic (exact) mass is 471 g/mol. The zero-order valence-corrected chi connectivity index (χ0v) is 18.9. The minimum Gasteiger partial charge on any atom is -0.454 e. The van der Waals surface area contributed by atoms with Gasteiger partial charge in [0, 0.05) is 24.7 Å². The number of benzene rings is 2. The summed E-state index contributed by atoms with van der Waals surface area (Å²) in [6.45, 7) is 2.53. The molecular weight excluding hydrogens is 450 g/mol. The molecule has 32 heavy (non-hydrogen) atoms. The number of carbonyl (C=O) groups excluding carboxylic acids is 1. The first-order valence-corrected chi connectivity index (χ1v) is 11.8. The lowest BCUT2D eigenvalue weighted by Crippen LogP contribution is -2.25. The van der Waals surface area contributed by atoms with Gasteiger partial charge in [0.25, 0.3) is 0 Å². The van der Waals surface area contributed by atoms with Gasteiger partial charge in [0.2, 0.25) is 18.6 Å². The van der Waals surface area contributed by atoms with Crippen molar-refractivity contribution in [2.75, 3.05) is 30.5 Å². The van der Waals surface area contributed by atoms with Crippen LogP contribution in [0.3, 0.4) is 0 Å². The Labute approximate surface area is 194 Å². The topological polar surface area (TPSA) is 81.5 Å². The maximum atomic E-state index is 12.5. The van der Waals surface area contributed by atoms with Crippen molar-refractivity contribution in [3.63, 3.8) is 0 Å². The second-order valence-corrected chi connectivity index (χ2v) is 8.92. The summed E-state index contributed by atoms with van der Waals surface area (Å²) in [4.78, 5) is 14.7. The number of aromatic nitrogens is 3. The molecule has 1 amide bonds. The molecule has 0 atom stereocenters. The third-order valence-corrected chi connectivity index (χ3v) is 6.49. The molecule has 10 heteroatoms. The Kier molecular flexibility index (Phi) is 6.09. The van der Waals surface area contributed by atoms with Crippen molar-refractivity contribution < 1.29 is 14.3 Å². The molecular formula is C22H22ClN5O3S. The predicted molar refractivity (Wildman–Crippen MR) is 123 cm³/mol. The number of hydrogen-bond donors (Lipinski definition) is 1. The minimum absolute atomic E-state index is 0.0870. The maximum Gasteiger partial charge on any atom is 0.232 e. The van der Waals surface area contributed by atoms with Gasteiger partial charge in [0.1, 0.15) is 0 Å². The number of ether oxygens (including phenoxy) is 2. The van der Waals surface area contributed by atoms with Crippen molar-refractivity contribution in [1.29, 1.82) is 0 Å². The molecule has 1 aromatic heterocycles. The Hall–Kier alpha value is -2.91. The van der Waals surface area contributed by atoms with E-state index in [9.17, 15) is 4.79 Å². The van der Waals surface area contributed by atoms with Crippen LogP contribution in [0.4, 0.5) is 5.95 Å². The quantitative estimate of drug-likeness (QED) is 0.526. The van der Waals surface area contributed by atoms with Crippen molar-refractivity contribution in [3.05, 3.63) is 53.1 Å². The summed E-state index contributed by atoms with van der Waals surface area (Å²) >= 11 is 7.59. The number of nitrogens with zero attached hydrogens (tertiary/aromatic N) is 4. The van der Waals surface area contributed by atoms with Crippen molar-refractivity contribution in [2.45, 2.75) is 24.5 Å². The first kappa shape index (κ1) is 21.0. The fraction of sp³-hybridized carbons (Fsp3) is 0.318. The highest BCUT2D eigenvalue weighted by Gasteiger charge is 2.23. The normalized spacial score (nSPS) is 14.7. The number of nitrogens with one attached hydrogen (secondary N) is 1. The van der Waals surface area contributed by atoms with Gasteiger partial charge in [-0.1, -0.05) is 35.5 Å². The van der Waals surface area contributed by atoms with E-state index in [0.717, 1.165) is 48.9 Å². The zero-order chi connectivity index (χ0) is 21.9. The van der Waals surface area contributed by atoms with Crippen LogP contribution in [0, 0.1) is 0 Å². The molecule has 1 saturated heterocycles. The van der Waals surface area contributed by atoms with Gasteiger partial charge in [-0.25, -0.2) is 0 Å². The van der Waals surface area contributed by atoms with E-state index in [1.165, 1.54) is 11.8 Å². The highest BCUT2D eigenvalue weighted by atomic mass is 35.5. The van der Waals surface area contributed by atoms with Crippen LogP contribution in [0.15, 0.2) is 47.6 Å². The van der Waals surface area contributed by atoms with Gasteiger partial charge in [0.05, 0.1) is 11.4 Å². The molecule has 0 aliphatic carbocycles. The summed E-state index contributed by atoms with van der Waals surface area (Å²) in [6.07, 6.45) is 2.26. The number of hydrogen-bond acceptors (Lipinski definition) is 7. The van der Waals surface area contributed by atoms with E-state index in [1.807, 2.05) is 47.0 Å². The van der Waals surface area contributed by atoms with E-state index < -0.39 is 0 Å². The number of rotatable bonds is 7. The van der Waals surface area contributed by atoms with Crippen molar-refractivity contribution in [3.8, 4) is 17.2 Å². The predicted octanol–water partition coefficient (Wildman–Crippen LogP) is 3.66.